The average molecular weight is 337 g/mol. The molecule has 2 rings (SSSR count). The number of aliphatic hydroxyl groups excluding tert-OH is 1. The van der Waals surface area contributed by atoms with Gasteiger partial charge in [0.2, 0.25) is 0 Å². The molecule has 5 nitrogen and oxygen atoms in total. The molecule has 0 aliphatic carbocycles. The van der Waals surface area contributed by atoms with Crippen LogP contribution in [0, 0.1) is 13.8 Å². The lowest BCUT2D eigenvalue weighted by molar-refractivity contribution is -0.0239. The molecule has 1 aromatic carbocycles. The first-order valence-corrected chi connectivity index (χ1v) is 8.80. The molecule has 2 unspecified atom stereocenters. The normalized spacial score (nSPS) is 19.0. The van der Waals surface area contributed by atoms with Gasteiger partial charge in [0.05, 0.1) is 25.4 Å². The lowest BCUT2D eigenvalue weighted by Crippen LogP contribution is -2.35. The van der Waals surface area contributed by atoms with Gasteiger partial charge >= 0.3 is 0 Å². The van der Waals surface area contributed by atoms with E-state index in [-0.39, 0.29) is 6.10 Å². The Labute approximate surface area is 145 Å². The van der Waals surface area contributed by atoms with E-state index in [1.165, 1.54) is 11.1 Å². The number of aliphatic hydroxyl groups is 1. The molecule has 24 heavy (non-hydrogen) atoms. The molecule has 0 aromatic heterocycles. The predicted molar refractivity (Wildman–Crippen MR) is 94.7 cm³/mol. The lowest BCUT2D eigenvalue weighted by atomic mass is 10.1. The summed E-state index contributed by atoms with van der Waals surface area (Å²) < 4.78 is 16.8. The van der Waals surface area contributed by atoms with E-state index in [2.05, 4.69) is 24.8 Å². The standard InChI is InChI=1S/C19H31NO4/c1-15-9-16(2)11-19(10-15)24-8-6-20(3)12-17(21)13-22-14-18-5-4-7-23-18/h9-11,17-18,21H,4-8,12-14H2,1-3H3. The van der Waals surface area contributed by atoms with Crippen molar-refractivity contribution in [1.82, 2.24) is 4.90 Å². The van der Waals surface area contributed by atoms with Gasteiger partial charge in [0.15, 0.2) is 0 Å². The van der Waals surface area contributed by atoms with Crippen LogP contribution in [0.4, 0.5) is 0 Å². The van der Waals surface area contributed by atoms with Crippen molar-refractivity contribution >= 4 is 0 Å². The fraction of sp³-hybridized carbons (Fsp3) is 0.684. The summed E-state index contributed by atoms with van der Waals surface area (Å²) in [4.78, 5) is 2.06. The maximum Gasteiger partial charge on any atom is 0.119 e. The van der Waals surface area contributed by atoms with Crippen molar-refractivity contribution in [1.29, 1.82) is 0 Å². The minimum atomic E-state index is -0.488. The highest BCUT2D eigenvalue weighted by Gasteiger charge is 2.16. The highest BCUT2D eigenvalue weighted by molar-refractivity contribution is 5.32. The second-order valence-corrected chi connectivity index (χ2v) is 6.76. The molecule has 0 radical (unpaired) electrons. The van der Waals surface area contributed by atoms with Crippen LogP contribution in [-0.2, 0) is 9.47 Å². The van der Waals surface area contributed by atoms with Crippen LogP contribution in [0.15, 0.2) is 18.2 Å². The molecule has 0 saturated carbocycles. The van der Waals surface area contributed by atoms with E-state index in [9.17, 15) is 5.11 Å². The zero-order valence-electron chi connectivity index (χ0n) is 15.2. The minimum absolute atomic E-state index is 0.209. The third-order valence-electron chi connectivity index (χ3n) is 4.10. The van der Waals surface area contributed by atoms with E-state index in [1.54, 1.807) is 0 Å². The summed E-state index contributed by atoms with van der Waals surface area (Å²) in [5.74, 6) is 0.904. The number of hydrogen-bond donors (Lipinski definition) is 1. The number of likely N-dealkylation sites (N-methyl/N-ethyl adjacent to an activating group) is 1. The van der Waals surface area contributed by atoms with Gasteiger partial charge in [-0.1, -0.05) is 6.07 Å². The van der Waals surface area contributed by atoms with E-state index in [1.807, 2.05) is 19.2 Å². The molecule has 1 heterocycles. The molecule has 1 aliphatic heterocycles. The van der Waals surface area contributed by atoms with Crippen LogP contribution in [0.5, 0.6) is 5.75 Å². The summed E-state index contributed by atoms with van der Waals surface area (Å²) in [6.07, 6.45) is 1.89. The van der Waals surface area contributed by atoms with Crippen molar-refractivity contribution in [3.8, 4) is 5.75 Å². The van der Waals surface area contributed by atoms with Crippen LogP contribution in [0.3, 0.4) is 0 Å². The summed E-state index contributed by atoms with van der Waals surface area (Å²) >= 11 is 0. The van der Waals surface area contributed by atoms with Crippen molar-refractivity contribution < 1.29 is 19.3 Å². The second kappa shape index (κ2) is 9.99. The SMILES string of the molecule is Cc1cc(C)cc(OCCN(C)CC(O)COCC2CCCO2)c1. The van der Waals surface area contributed by atoms with Gasteiger partial charge in [-0.3, -0.25) is 0 Å². The van der Waals surface area contributed by atoms with Crippen molar-refractivity contribution in [3.05, 3.63) is 29.3 Å². The second-order valence-electron chi connectivity index (χ2n) is 6.76. The number of benzene rings is 1. The van der Waals surface area contributed by atoms with Gasteiger partial charge in [-0.15, -0.1) is 0 Å². The largest absolute Gasteiger partial charge is 0.492 e. The van der Waals surface area contributed by atoms with Crippen LogP contribution in [0.2, 0.25) is 0 Å². The number of hydrogen-bond acceptors (Lipinski definition) is 5. The molecular formula is C19H31NO4. The molecule has 1 fully saturated rings. The third kappa shape index (κ3) is 7.18. The van der Waals surface area contributed by atoms with Crippen molar-refractivity contribution in [3.63, 3.8) is 0 Å². The van der Waals surface area contributed by atoms with Gasteiger partial charge in [-0.05, 0) is 57.0 Å². The highest BCUT2D eigenvalue weighted by Crippen LogP contribution is 2.16. The van der Waals surface area contributed by atoms with Gasteiger partial charge in [0.25, 0.3) is 0 Å². The molecule has 0 spiro atoms. The first-order chi connectivity index (χ1) is 11.5. The Kier molecular flexibility index (Phi) is 7.99. The predicted octanol–water partition coefficient (Wildman–Crippen LogP) is 2.17. The van der Waals surface area contributed by atoms with E-state index < -0.39 is 6.10 Å². The van der Waals surface area contributed by atoms with Crippen molar-refractivity contribution in [2.45, 2.75) is 38.9 Å². The Morgan fingerprint density at radius 1 is 1.29 bits per heavy atom. The molecule has 1 N–H and O–H groups in total. The molecule has 136 valence electrons. The average Bonchev–Trinajstić information content (AvgIpc) is 2.99. The molecule has 1 saturated heterocycles. The molecule has 0 bridgehead atoms. The molecule has 0 amide bonds. The van der Waals surface area contributed by atoms with Crippen LogP contribution in [0.1, 0.15) is 24.0 Å². The van der Waals surface area contributed by atoms with Crippen LogP contribution in [0.25, 0.3) is 0 Å². The Morgan fingerprint density at radius 2 is 2.04 bits per heavy atom. The van der Waals surface area contributed by atoms with Crippen LogP contribution >= 0.6 is 0 Å². The first-order valence-electron chi connectivity index (χ1n) is 8.80. The number of rotatable bonds is 10. The highest BCUT2D eigenvalue weighted by atomic mass is 16.5. The Hall–Kier alpha value is -1.14. The van der Waals surface area contributed by atoms with E-state index in [0.717, 1.165) is 31.7 Å². The lowest BCUT2D eigenvalue weighted by Gasteiger charge is -2.21. The van der Waals surface area contributed by atoms with Gasteiger partial charge in [0, 0.05) is 19.7 Å². The van der Waals surface area contributed by atoms with Gasteiger partial charge in [0.1, 0.15) is 12.4 Å². The summed E-state index contributed by atoms with van der Waals surface area (Å²) in [6, 6.07) is 6.22. The first kappa shape index (κ1) is 19.2. The summed E-state index contributed by atoms with van der Waals surface area (Å²) in [7, 11) is 1.98. The van der Waals surface area contributed by atoms with Crippen molar-refractivity contribution in [2.75, 3.05) is 46.6 Å². The van der Waals surface area contributed by atoms with Gasteiger partial charge in [-0.25, -0.2) is 0 Å². The zero-order chi connectivity index (χ0) is 17.4. The summed E-state index contributed by atoms with van der Waals surface area (Å²) in [5.41, 5.74) is 2.41. The fourth-order valence-electron chi connectivity index (χ4n) is 2.95. The minimum Gasteiger partial charge on any atom is -0.492 e. The number of nitrogens with zero attached hydrogens (tertiary/aromatic N) is 1. The molecule has 1 aromatic rings. The van der Waals surface area contributed by atoms with E-state index in [4.69, 9.17) is 14.2 Å². The zero-order valence-corrected chi connectivity index (χ0v) is 15.2. The summed E-state index contributed by atoms with van der Waals surface area (Å²) in [6.45, 7) is 7.83. The van der Waals surface area contributed by atoms with Crippen molar-refractivity contribution in [2.24, 2.45) is 0 Å². The number of ether oxygens (including phenoxy) is 3. The maximum absolute atomic E-state index is 10.0. The monoisotopic (exact) mass is 337 g/mol. The quantitative estimate of drug-likeness (QED) is 0.709. The van der Waals surface area contributed by atoms with Crippen LogP contribution < -0.4 is 4.74 Å². The van der Waals surface area contributed by atoms with Crippen LogP contribution in [-0.4, -0.2) is 68.8 Å². The Bertz CT molecular complexity index is 468. The number of aryl methyl sites for hydroxylation is 2. The topological polar surface area (TPSA) is 51.2 Å². The van der Waals surface area contributed by atoms with Gasteiger partial charge in [-0.2, -0.15) is 0 Å². The third-order valence-corrected chi connectivity index (χ3v) is 4.10. The molecule has 1 aliphatic rings. The molecular weight excluding hydrogens is 306 g/mol. The summed E-state index contributed by atoms with van der Waals surface area (Å²) in [5, 5.41) is 10.0. The smallest absolute Gasteiger partial charge is 0.119 e. The fourth-order valence-corrected chi connectivity index (χ4v) is 2.95. The Morgan fingerprint density at radius 3 is 2.71 bits per heavy atom. The molecule has 5 heteroatoms. The van der Waals surface area contributed by atoms with E-state index >= 15 is 0 Å². The molecule has 2 atom stereocenters. The van der Waals surface area contributed by atoms with Gasteiger partial charge < -0.3 is 24.2 Å². The van der Waals surface area contributed by atoms with E-state index in [0.29, 0.717) is 26.4 Å². The maximum atomic E-state index is 10.0. The Balaban J connectivity index is 1.57.